The van der Waals surface area contributed by atoms with Crippen LogP contribution >= 0.6 is 0 Å². The number of hydrogen-bond donors (Lipinski definition) is 0. The zero-order valence-corrected chi connectivity index (χ0v) is 14.4. The molecule has 1 unspecified atom stereocenters. The molecule has 27 heavy (non-hydrogen) atoms. The third-order valence-electron chi connectivity index (χ3n) is 5.05. The van der Waals surface area contributed by atoms with E-state index >= 15 is 0 Å². The van der Waals surface area contributed by atoms with Gasteiger partial charge in [-0.2, -0.15) is 18.2 Å². The van der Waals surface area contributed by atoms with Crippen molar-refractivity contribution < 1.29 is 22.5 Å². The van der Waals surface area contributed by atoms with Gasteiger partial charge in [0.1, 0.15) is 0 Å². The average Bonchev–Trinajstić information content (AvgIpc) is 3.10. The fourth-order valence-electron chi connectivity index (χ4n) is 3.44. The molecule has 0 saturated carbocycles. The summed E-state index contributed by atoms with van der Waals surface area (Å²) in [6.45, 7) is 1.01. The topological polar surface area (TPSA) is 59.2 Å². The number of carbonyl (C=O) groups excluding carboxylic acids is 1. The number of benzene rings is 1. The zero-order valence-electron chi connectivity index (χ0n) is 14.4. The van der Waals surface area contributed by atoms with Crippen molar-refractivity contribution >= 4 is 5.91 Å². The van der Waals surface area contributed by atoms with Crippen LogP contribution in [0, 0.1) is 5.92 Å². The molecule has 1 atom stereocenters. The fraction of sp³-hybridized carbons (Fsp3) is 0.421. The lowest BCUT2D eigenvalue weighted by Crippen LogP contribution is -2.50. The van der Waals surface area contributed by atoms with Crippen LogP contribution in [0.25, 0.3) is 11.4 Å². The molecule has 0 bridgehead atoms. The van der Waals surface area contributed by atoms with E-state index in [1.165, 1.54) is 12.1 Å². The quantitative estimate of drug-likeness (QED) is 0.758. The molecule has 1 aliphatic heterocycles. The second-order valence-electron chi connectivity index (χ2n) is 6.96. The van der Waals surface area contributed by atoms with Gasteiger partial charge in [0, 0.05) is 24.6 Å². The van der Waals surface area contributed by atoms with Crippen LogP contribution in [0.1, 0.15) is 36.6 Å². The highest BCUT2D eigenvalue weighted by molar-refractivity contribution is 5.80. The summed E-state index contributed by atoms with van der Waals surface area (Å²) in [4.78, 5) is 18.5. The molecule has 8 heteroatoms. The Hall–Kier alpha value is -2.64. The Bertz CT molecular complexity index is 869. The number of hydrogen-bond acceptors (Lipinski definition) is 4. The Morgan fingerprint density at radius 1 is 1.22 bits per heavy atom. The molecule has 1 fully saturated rings. The van der Waals surface area contributed by atoms with Crippen molar-refractivity contribution in [2.45, 2.75) is 31.4 Å². The molecular weight excluding hydrogens is 359 g/mol. The van der Waals surface area contributed by atoms with Gasteiger partial charge >= 0.3 is 6.18 Å². The van der Waals surface area contributed by atoms with E-state index < -0.39 is 11.7 Å². The van der Waals surface area contributed by atoms with Gasteiger partial charge < -0.3 is 9.42 Å². The van der Waals surface area contributed by atoms with Crippen LogP contribution in [0.5, 0.6) is 0 Å². The standard InChI is InChI=1S/C19H18F3N3O2/c20-19(21,22)15-8-4-7-13(9-15)16-23-17(27-24-16)14-10-25(11-14)18(26)12-5-2-1-3-6-12/h1-2,4,7-9,12,14H,3,5-6,10-11H2. The lowest BCUT2D eigenvalue weighted by molar-refractivity contribution is -0.140. The molecule has 4 rings (SSSR count). The Labute approximate surface area is 153 Å². The number of nitrogens with zero attached hydrogens (tertiary/aromatic N) is 3. The number of carbonyl (C=O) groups is 1. The Balaban J connectivity index is 1.41. The number of alkyl halides is 3. The minimum Gasteiger partial charge on any atom is -0.341 e. The number of allylic oxidation sites excluding steroid dienone is 2. The Kier molecular flexibility index (Phi) is 4.49. The van der Waals surface area contributed by atoms with Crippen molar-refractivity contribution in [2.75, 3.05) is 13.1 Å². The van der Waals surface area contributed by atoms with Gasteiger partial charge in [-0.25, -0.2) is 0 Å². The molecule has 0 N–H and O–H groups in total. The number of halogens is 3. The molecule has 1 saturated heterocycles. The largest absolute Gasteiger partial charge is 0.416 e. The molecule has 142 valence electrons. The van der Waals surface area contributed by atoms with Crippen molar-refractivity contribution in [3.63, 3.8) is 0 Å². The predicted molar refractivity (Wildman–Crippen MR) is 90.5 cm³/mol. The number of aromatic nitrogens is 2. The SMILES string of the molecule is O=C(C1CC=CCC1)N1CC(c2nc(-c3cccc(C(F)(F)F)c3)no2)C1. The molecule has 2 aromatic rings. The van der Waals surface area contributed by atoms with Crippen molar-refractivity contribution in [2.24, 2.45) is 5.92 Å². The molecule has 1 amide bonds. The van der Waals surface area contributed by atoms with E-state index in [1.807, 2.05) is 6.08 Å². The molecule has 1 aliphatic carbocycles. The van der Waals surface area contributed by atoms with Crippen molar-refractivity contribution in [3.8, 4) is 11.4 Å². The first-order valence-electron chi connectivity index (χ1n) is 8.87. The Morgan fingerprint density at radius 3 is 2.74 bits per heavy atom. The second-order valence-corrected chi connectivity index (χ2v) is 6.96. The third kappa shape index (κ3) is 3.61. The van der Waals surface area contributed by atoms with E-state index in [0.717, 1.165) is 31.4 Å². The van der Waals surface area contributed by atoms with Gasteiger partial charge in [0.2, 0.25) is 17.6 Å². The molecule has 2 heterocycles. The maximum Gasteiger partial charge on any atom is 0.416 e. The molecule has 1 aromatic carbocycles. The van der Waals surface area contributed by atoms with Gasteiger partial charge in [0.15, 0.2) is 0 Å². The molecule has 2 aliphatic rings. The van der Waals surface area contributed by atoms with Crippen molar-refractivity contribution in [1.29, 1.82) is 0 Å². The summed E-state index contributed by atoms with van der Waals surface area (Å²) in [5.41, 5.74) is -0.505. The number of amides is 1. The number of likely N-dealkylation sites (tertiary alicyclic amines) is 1. The van der Waals surface area contributed by atoms with E-state index in [2.05, 4.69) is 16.2 Å². The van der Waals surface area contributed by atoms with Gasteiger partial charge in [0.05, 0.1) is 11.5 Å². The Morgan fingerprint density at radius 2 is 2.04 bits per heavy atom. The first-order valence-corrected chi connectivity index (χ1v) is 8.87. The van der Waals surface area contributed by atoms with Gasteiger partial charge in [0.25, 0.3) is 0 Å². The first-order chi connectivity index (χ1) is 12.9. The van der Waals surface area contributed by atoms with Crippen LogP contribution in [0.2, 0.25) is 0 Å². The van der Waals surface area contributed by atoms with Crippen LogP contribution in [-0.4, -0.2) is 34.0 Å². The summed E-state index contributed by atoms with van der Waals surface area (Å²) in [6, 6.07) is 4.83. The summed E-state index contributed by atoms with van der Waals surface area (Å²) in [7, 11) is 0. The van der Waals surface area contributed by atoms with E-state index in [-0.39, 0.29) is 29.1 Å². The van der Waals surface area contributed by atoms with Gasteiger partial charge in [-0.1, -0.05) is 29.4 Å². The highest BCUT2D eigenvalue weighted by Gasteiger charge is 2.38. The van der Waals surface area contributed by atoms with Crippen LogP contribution < -0.4 is 0 Å². The van der Waals surface area contributed by atoms with E-state index in [0.29, 0.717) is 19.0 Å². The van der Waals surface area contributed by atoms with Crippen molar-refractivity contribution in [3.05, 3.63) is 47.9 Å². The van der Waals surface area contributed by atoms with Gasteiger partial charge in [-0.05, 0) is 31.4 Å². The third-order valence-corrected chi connectivity index (χ3v) is 5.05. The smallest absolute Gasteiger partial charge is 0.341 e. The highest BCUT2D eigenvalue weighted by atomic mass is 19.4. The molecule has 5 nitrogen and oxygen atoms in total. The first kappa shape index (κ1) is 17.8. The van der Waals surface area contributed by atoms with E-state index in [1.54, 1.807) is 4.90 Å². The molecule has 0 radical (unpaired) electrons. The minimum absolute atomic E-state index is 0.0410. The summed E-state index contributed by atoms with van der Waals surface area (Å²) in [5, 5.41) is 3.81. The van der Waals surface area contributed by atoms with Crippen LogP contribution in [-0.2, 0) is 11.0 Å². The minimum atomic E-state index is -4.42. The van der Waals surface area contributed by atoms with E-state index in [9.17, 15) is 18.0 Å². The lowest BCUT2D eigenvalue weighted by atomic mass is 9.90. The fourth-order valence-corrected chi connectivity index (χ4v) is 3.44. The summed E-state index contributed by atoms with van der Waals surface area (Å²) in [5.74, 6) is 0.598. The van der Waals surface area contributed by atoms with E-state index in [4.69, 9.17) is 4.52 Å². The summed E-state index contributed by atoms with van der Waals surface area (Å²) in [6.07, 6.45) is 2.29. The van der Waals surface area contributed by atoms with Gasteiger partial charge in [-0.15, -0.1) is 0 Å². The summed E-state index contributed by atoms with van der Waals surface area (Å²) < 4.78 is 43.8. The molecule has 1 aromatic heterocycles. The second kappa shape index (κ2) is 6.83. The average molecular weight is 377 g/mol. The maximum absolute atomic E-state index is 12.8. The zero-order chi connectivity index (χ0) is 19.0. The predicted octanol–water partition coefficient (Wildman–Crippen LogP) is 4.04. The van der Waals surface area contributed by atoms with Crippen LogP contribution in [0.15, 0.2) is 40.9 Å². The molecule has 0 spiro atoms. The maximum atomic E-state index is 12.8. The van der Waals surface area contributed by atoms with Crippen molar-refractivity contribution in [1.82, 2.24) is 15.0 Å². The molecular formula is C19H18F3N3O2. The highest BCUT2D eigenvalue weighted by Crippen LogP contribution is 2.33. The van der Waals surface area contributed by atoms with Crippen LogP contribution in [0.3, 0.4) is 0 Å². The monoisotopic (exact) mass is 377 g/mol. The lowest BCUT2D eigenvalue weighted by Gasteiger charge is -2.39. The summed E-state index contributed by atoms with van der Waals surface area (Å²) >= 11 is 0. The normalized spacial score (nSPS) is 20.6. The van der Waals surface area contributed by atoms with Crippen LogP contribution in [0.4, 0.5) is 13.2 Å². The van der Waals surface area contributed by atoms with Gasteiger partial charge in [-0.3, -0.25) is 4.79 Å². The number of rotatable bonds is 3.